The highest BCUT2D eigenvalue weighted by Gasteiger charge is 2.19. The second kappa shape index (κ2) is 7.59. The van der Waals surface area contributed by atoms with Crippen molar-refractivity contribution in [1.82, 2.24) is 4.72 Å². The summed E-state index contributed by atoms with van der Waals surface area (Å²) in [6.07, 6.45) is 0.949. The van der Waals surface area contributed by atoms with Gasteiger partial charge in [-0.05, 0) is 49.2 Å². The van der Waals surface area contributed by atoms with Crippen LogP contribution in [0.3, 0.4) is 0 Å². The molecule has 2 N–H and O–H groups in total. The van der Waals surface area contributed by atoms with Crippen molar-refractivity contribution in [3.05, 3.63) is 53.6 Å². The van der Waals surface area contributed by atoms with Gasteiger partial charge in [-0.1, -0.05) is 17.7 Å². The smallest absolute Gasteiger partial charge is 0.240 e. The Kier molecular flexibility index (Phi) is 5.46. The molecule has 1 amide bonds. The number of carbonyl (C=O) groups is 1. The minimum absolute atomic E-state index is 0.0330. The Bertz CT molecular complexity index is 878. The fourth-order valence-electron chi connectivity index (χ4n) is 2.59. The van der Waals surface area contributed by atoms with Crippen molar-refractivity contribution in [2.75, 3.05) is 17.6 Å². The van der Waals surface area contributed by atoms with Crippen LogP contribution in [0.2, 0.25) is 0 Å². The van der Waals surface area contributed by atoms with Gasteiger partial charge in [-0.25, -0.2) is 13.1 Å². The molecule has 0 bridgehead atoms. The van der Waals surface area contributed by atoms with Gasteiger partial charge in [0.15, 0.2) is 0 Å². The third-order valence-corrected chi connectivity index (χ3v) is 6.44. The lowest BCUT2D eigenvalue weighted by molar-refractivity contribution is -0.116. The van der Waals surface area contributed by atoms with Crippen molar-refractivity contribution in [2.45, 2.75) is 29.6 Å². The van der Waals surface area contributed by atoms with Gasteiger partial charge in [-0.15, -0.1) is 11.8 Å². The summed E-state index contributed by atoms with van der Waals surface area (Å²) >= 11 is 1.61. The Balaban J connectivity index is 1.58. The number of nitrogens with one attached hydrogen (secondary N) is 2. The molecule has 0 saturated carbocycles. The Hall–Kier alpha value is -1.83. The van der Waals surface area contributed by atoms with E-state index in [1.807, 2.05) is 31.2 Å². The van der Waals surface area contributed by atoms with Crippen LogP contribution in [0, 0.1) is 6.92 Å². The Morgan fingerprint density at radius 2 is 1.88 bits per heavy atom. The molecule has 0 unspecified atom stereocenters. The quantitative estimate of drug-likeness (QED) is 0.600. The van der Waals surface area contributed by atoms with Crippen LogP contribution in [-0.4, -0.2) is 26.6 Å². The van der Waals surface area contributed by atoms with Crippen LogP contribution in [0.5, 0.6) is 0 Å². The fourth-order valence-corrected chi connectivity index (χ4v) is 4.57. The van der Waals surface area contributed by atoms with E-state index in [9.17, 15) is 13.2 Å². The molecular formula is C18H20N2O3S2. The second-order valence-electron chi connectivity index (χ2n) is 5.93. The third-order valence-electron chi connectivity index (χ3n) is 3.97. The molecule has 0 fully saturated rings. The lowest BCUT2D eigenvalue weighted by atomic mass is 10.0. The minimum atomic E-state index is -3.54. The van der Waals surface area contributed by atoms with Crippen LogP contribution in [0.1, 0.15) is 17.5 Å². The lowest BCUT2D eigenvalue weighted by Gasteiger charge is -2.17. The standard InChI is InChI=1S/C18H20N2O3S2/c1-13-2-5-15(6-3-13)24-11-10-19-25(22,23)16-7-8-17-14(12-16)4-9-18(21)20-17/h2-3,5-8,12,19H,4,9-11H2,1H3,(H,20,21). The molecule has 1 aliphatic rings. The van der Waals surface area contributed by atoms with E-state index in [0.29, 0.717) is 30.8 Å². The zero-order chi connectivity index (χ0) is 17.9. The third kappa shape index (κ3) is 4.62. The van der Waals surface area contributed by atoms with E-state index in [4.69, 9.17) is 0 Å². The summed E-state index contributed by atoms with van der Waals surface area (Å²) in [5.41, 5.74) is 2.76. The molecule has 0 atom stereocenters. The molecule has 0 saturated heterocycles. The van der Waals surface area contributed by atoms with E-state index in [-0.39, 0.29) is 10.8 Å². The van der Waals surface area contributed by atoms with Crippen molar-refractivity contribution in [1.29, 1.82) is 0 Å². The first-order valence-corrected chi connectivity index (χ1v) is 10.5. The summed E-state index contributed by atoms with van der Waals surface area (Å²) in [4.78, 5) is 12.7. The number of sulfonamides is 1. The van der Waals surface area contributed by atoms with E-state index in [1.54, 1.807) is 23.9 Å². The molecular weight excluding hydrogens is 356 g/mol. The van der Waals surface area contributed by atoms with E-state index >= 15 is 0 Å². The van der Waals surface area contributed by atoms with Crippen LogP contribution in [0.4, 0.5) is 5.69 Å². The van der Waals surface area contributed by atoms with Crippen molar-refractivity contribution in [2.24, 2.45) is 0 Å². The first kappa shape index (κ1) is 18.0. The number of carbonyl (C=O) groups excluding carboxylic acids is 1. The number of benzene rings is 2. The van der Waals surface area contributed by atoms with Gasteiger partial charge in [0.05, 0.1) is 4.90 Å². The molecule has 2 aromatic carbocycles. The van der Waals surface area contributed by atoms with Crippen molar-refractivity contribution in [3.63, 3.8) is 0 Å². The Morgan fingerprint density at radius 3 is 2.64 bits per heavy atom. The van der Waals surface area contributed by atoms with Gasteiger partial charge in [-0.3, -0.25) is 4.79 Å². The summed E-state index contributed by atoms with van der Waals surface area (Å²) in [5, 5.41) is 2.76. The highest BCUT2D eigenvalue weighted by molar-refractivity contribution is 7.99. The van der Waals surface area contributed by atoms with Crippen molar-refractivity contribution < 1.29 is 13.2 Å². The van der Waals surface area contributed by atoms with Crippen LogP contribution < -0.4 is 10.0 Å². The SMILES string of the molecule is Cc1ccc(SCCNS(=O)(=O)c2ccc3c(c2)CCC(=O)N3)cc1. The molecule has 3 rings (SSSR count). The van der Waals surface area contributed by atoms with Gasteiger partial charge >= 0.3 is 0 Å². The molecule has 1 heterocycles. The Labute approximate surface area is 152 Å². The number of rotatable bonds is 6. The average molecular weight is 377 g/mol. The van der Waals surface area contributed by atoms with E-state index in [1.165, 1.54) is 11.6 Å². The van der Waals surface area contributed by atoms with Crippen LogP contribution in [0.25, 0.3) is 0 Å². The highest BCUT2D eigenvalue weighted by Crippen LogP contribution is 2.25. The molecule has 1 aliphatic heterocycles. The van der Waals surface area contributed by atoms with Crippen LogP contribution in [-0.2, 0) is 21.2 Å². The zero-order valence-electron chi connectivity index (χ0n) is 13.9. The van der Waals surface area contributed by atoms with Crippen molar-refractivity contribution in [3.8, 4) is 0 Å². The molecule has 0 aliphatic carbocycles. The fraction of sp³-hybridized carbons (Fsp3) is 0.278. The summed E-state index contributed by atoms with van der Waals surface area (Å²) in [7, 11) is -3.54. The van der Waals surface area contributed by atoms with Gasteiger partial charge in [0, 0.05) is 29.3 Å². The maximum Gasteiger partial charge on any atom is 0.240 e. The first-order valence-electron chi connectivity index (χ1n) is 8.06. The predicted molar refractivity (Wildman–Crippen MR) is 100 cm³/mol. The largest absolute Gasteiger partial charge is 0.326 e. The number of hydrogen-bond donors (Lipinski definition) is 2. The number of amides is 1. The average Bonchev–Trinajstić information content (AvgIpc) is 2.59. The second-order valence-corrected chi connectivity index (χ2v) is 8.86. The lowest BCUT2D eigenvalue weighted by Crippen LogP contribution is -2.26. The normalized spacial score (nSPS) is 14.0. The van der Waals surface area contributed by atoms with Crippen molar-refractivity contribution >= 4 is 33.4 Å². The summed E-state index contributed by atoms with van der Waals surface area (Å²) in [6, 6.07) is 13.0. The highest BCUT2D eigenvalue weighted by atomic mass is 32.2. The van der Waals surface area contributed by atoms with Gasteiger partial charge in [-0.2, -0.15) is 0 Å². The number of anilines is 1. The molecule has 25 heavy (non-hydrogen) atoms. The van der Waals surface area contributed by atoms with Gasteiger partial charge < -0.3 is 5.32 Å². The molecule has 0 aromatic heterocycles. The number of thioether (sulfide) groups is 1. The predicted octanol–water partition coefficient (Wildman–Crippen LogP) is 2.95. The first-order chi connectivity index (χ1) is 11.9. The minimum Gasteiger partial charge on any atom is -0.326 e. The number of hydrogen-bond acceptors (Lipinski definition) is 4. The topological polar surface area (TPSA) is 75.3 Å². The monoisotopic (exact) mass is 376 g/mol. The number of aryl methyl sites for hydroxylation is 2. The molecule has 7 heteroatoms. The number of fused-ring (bicyclic) bond motifs is 1. The maximum atomic E-state index is 12.4. The van der Waals surface area contributed by atoms with E-state index < -0.39 is 10.0 Å². The summed E-state index contributed by atoms with van der Waals surface area (Å²) in [5.74, 6) is 0.623. The molecule has 132 valence electrons. The van der Waals surface area contributed by atoms with Crippen LogP contribution in [0.15, 0.2) is 52.3 Å². The molecule has 2 aromatic rings. The summed E-state index contributed by atoms with van der Waals surface area (Å²) in [6.45, 7) is 2.39. The van der Waals surface area contributed by atoms with Gasteiger partial charge in [0.1, 0.15) is 0 Å². The molecule has 5 nitrogen and oxygen atoms in total. The molecule has 0 spiro atoms. The van der Waals surface area contributed by atoms with Crippen LogP contribution >= 0.6 is 11.8 Å². The van der Waals surface area contributed by atoms with E-state index in [0.717, 1.165) is 10.5 Å². The zero-order valence-corrected chi connectivity index (χ0v) is 15.5. The Morgan fingerprint density at radius 1 is 1.12 bits per heavy atom. The maximum absolute atomic E-state index is 12.4. The van der Waals surface area contributed by atoms with E-state index in [2.05, 4.69) is 10.0 Å². The molecule has 0 radical (unpaired) electrons. The van der Waals surface area contributed by atoms with Gasteiger partial charge in [0.2, 0.25) is 15.9 Å². The van der Waals surface area contributed by atoms with Gasteiger partial charge in [0.25, 0.3) is 0 Å². The summed E-state index contributed by atoms with van der Waals surface area (Å²) < 4.78 is 27.5.